The summed E-state index contributed by atoms with van der Waals surface area (Å²) in [6.07, 6.45) is 7.58. The molecule has 1 aliphatic rings. The summed E-state index contributed by atoms with van der Waals surface area (Å²) in [5.41, 5.74) is 2.89. The predicted octanol–water partition coefficient (Wildman–Crippen LogP) is 4.50. The topological polar surface area (TPSA) is 46.1 Å². The van der Waals surface area contributed by atoms with Crippen LogP contribution in [0, 0.1) is 0 Å². The van der Waals surface area contributed by atoms with Crippen LogP contribution in [-0.2, 0) is 6.42 Å². The smallest absolute Gasteiger partial charge is 0.273 e. The van der Waals surface area contributed by atoms with E-state index in [-0.39, 0.29) is 11.9 Å². The molecule has 0 unspecified atom stereocenters. The third-order valence-electron chi connectivity index (χ3n) is 4.80. The molecular weight excluding hydrogens is 342 g/mol. The minimum atomic E-state index is 0.0362. The molecule has 0 saturated carbocycles. The number of amides is 1. The molecule has 2 aromatic heterocycles. The van der Waals surface area contributed by atoms with E-state index in [1.54, 1.807) is 17.5 Å². The molecule has 0 N–H and O–H groups in total. The van der Waals surface area contributed by atoms with Gasteiger partial charge in [0.25, 0.3) is 5.91 Å². The fourth-order valence-corrected chi connectivity index (χ4v) is 4.30. The van der Waals surface area contributed by atoms with Gasteiger partial charge in [-0.15, -0.1) is 11.3 Å². The van der Waals surface area contributed by atoms with Gasteiger partial charge < -0.3 is 4.90 Å². The van der Waals surface area contributed by atoms with Crippen molar-refractivity contribution in [1.29, 1.82) is 0 Å². The monoisotopic (exact) mass is 363 g/mol. The Morgan fingerprint density at radius 2 is 2.04 bits per heavy atom. The van der Waals surface area contributed by atoms with Crippen molar-refractivity contribution in [2.45, 2.75) is 31.7 Å². The molecule has 1 atom stereocenters. The highest BCUT2D eigenvalue weighted by Gasteiger charge is 2.30. The molecule has 132 valence electrons. The first-order valence-electron chi connectivity index (χ1n) is 9.00. The van der Waals surface area contributed by atoms with Crippen LogP contribution >= 0.6 is 11.3 Å². The van der Waals surface area contributed by atoms with E-state index >= 15 is 0 Å². The number of benzene rings is 1. The molecule has 3 aromatic rings. The molecule has 4 nitrogen and oxygen atoms in total. The number of likely N-dealkylation sites (tertiary alicyclic amines) is 1. The molecule has 26 heavy (non-hydrogen) atoms. The molecule has 1 aromatic carbocycles. The van der Waals surface area contributed by atoms with Gasteiger partial charge >= 0.3 is 0 Å². The van der Waals surface area contributed by atoms with Gasteiger partial charge in [0.15, 0.2) is 0 Å². The highest BCUT2D eigenvalue weighted by Crippen LogP contribution is 2.32. The first kappa shape index (κ1) is 16.9. The standard InChI is InChI=1S/C21H21N3OS/c25-21(18-15-26-20(23-18)13-16-7-2-1-3-8-16)24-12-5-4-10-19(24)17-9-6-11-22-14-17/h1-3,6-9,11,14-15,19H,4-5,10,12-13H2/t19-/m1/s1. The lowest BCUT2D eigenvalue weighted by atomic mass is 9.96. The van der Waals surface area contributed by atoms with E-state index in [4.69, 9.17) is 0 Å². The summed E-state index contributed by atoms with van der Waals surface area (Å²) in [6.45, 7) is 0.782. The molecular formula is C21H21N3OS. The van der Waals surface area contributed by atoms with E-state index in [9.17, 15) is 4.79 Å². The molecule has 1 saturated heterocycles. The number of piperidine rings is 1. The SMILES string of the molecule is O=C(c1csc(Cc2ccccc2)n1)N1CCCC[C@@H]1c1cccnc1. The van der Waals surface area contributed by atoms with Gasteiger partial charge in [-0.2, -0.15) is 0 Å². The summed E-state index contributed by atoms with van der Waals surface area (Å²) >= 11 is 1.56. The number of carbonyl (C=O) groups is 1. The number of pyridine rings is 1. The quantitative estimate of drug-likeness (QED) is 0.686. The Morgan fingerprint density at radius 1 is 1.15 bits per heavy atom. The van der Waals surface area contributed by atoms with Crippen molar-refractivity contribution in [3.05, 3.63) is 82.1 Å². The third kappa shape index (κ3) is 3.68. The zero-order valence-electron chi connectivity index (χ0n) is 14.5. The Hall–Kier alpha value is -2.53. The molecule has 0 spiro atoms. The number of aromatic nitrogens is 2. The average molecular weight is 363 g/mol. The summed E-state index contributed by atoms with van der Waals surface area (Å²) in [7, 11) is 0. The Bertz CT molecular complexity index is 863. The minimum Gasteiger partial charge on any atom is -0.330 e. The lowest BCUT2D eigenvalue weighted by Gasteiger charge is -2.35. The van der Waals surface area contributed by atoms with Crippen molar-refractivity contribution in [2.24, 2.45) is 0 Å². The number of rotatable bonds is 4. The summed E-state index contributed by atoms with van der Waals surface area (Å²) in [5.74, 6) is 0.0362. The number of hydrogen-bond acceptors (Lipinski definition) is 4. The maximum Gasteiger partial charge on any atom is 0.273 e. The van der Waals surface area contributed by atoms with Crippen LogP contribution in [-0.4, -0.2) is 27.3 Å². The van der Waals surface area contributed by atoms with Gasteiger partial charge in [-0.3, -0.25) is 9.78 Å². The van der Waals surface area contributed by atoms with Gasteiger partial charge in [0.2, 0.25) is 0 Å². The Morgan fingerprint density at radius 3 is 2.85 bits per heavy atom. The third-order valence-corrected chi connectivity index (χ3v) is 5.65. The van der Waals surface area contributed by atoms with Crippen molar-refractivity contribution < 1.29 is 4.79 Å². The van der Waals surface area contributed by atoms with Crippen molar-refractivity contribution in [3.8, 4) is 0 Å². The van der Waals surface area contributed by atoms with Crippen LogP contribution < -0.4 is 0 Å². The fraction of sp³-hybridized carbons (Fsp3) is 0.286. The number of thiazole rings is 1. The predicted molar refractivity (Wildman–Crippen MR) is 103 cm³/mol. The van der Waals surface area contributed by atoms with Gasteiger partial charge in [0, 0.05) is 30.7 Å². The fourth-order valence-electron chi connectivity index (χ4n) is 3.50. The van der Waals surface area contributed by atoms with Crippen molar-refractivity contribution >= 4 is 17.2 Å². The number of carbonyl (C=O) groups excluding carboxylic acids is 1. The number of nitrogens with zero attached hydrogens (tertiary/aromatic N) is 3. The van der Waals surface area contributed by atoms with Crippen LogP contribution in [0.5, 0.6) is 0 Å². The molecule has 0 aliphatic carbocycles. The zero-order valence-corrected chi connectivity index (χ0v) is 15.4. The first-order chi connectivity index (χ1) is 12.8. The molecule has 4 rings (SSSR count). The highest BCUT2D eigenvalue weighted by molar-refractivity contribution is 7.09. The van der Waals surface area contributed by atoms with Crippen LogP contribution in [0.2, 0.25) is 0 Å². The van der Waals surface area contributed by atoms with Crippen LogP contribution in [0.4, 0.5) is 0 Å². The second kappa shape index (κ2) is 7.79. The molecule has 1 fully saturated rings. The van der Waals surface area contributed by atoms with Gasteiger partial charge in [-0.1, -0.05) is 36.4 Å². The van der Waals surface area contributed by atoms with Crippen LogP contribution in [0.1, 0.15) is 51.9 Å². The summed E-state index contributed by atoms with van der Waals surface area (Å²) in [4.78, 5) is 23.9. The van der Waals surface area contributed by atoms with Crippen molar-refractivity contribution in [3.63, 3.8) is 0 Å². The largest absolute Gasteiger partial charge is 0.330 e. The molecule has 5 heteroatoms. The Kier molecular flexibility index (Phi) is 5.07. The summed E-state index contributed by atoms with van der Waals surface area (Å²) in [5, 5.41) is 2.88. The first-order valence-corrected chi connectivity index (χ1v) is 9.88. The molecule has 1 aliphatic heterocycles. The van der Waals surface area contributed by atoms with E-state index < -0.39 is 0 Å². The van der Waals surface area contributed by atoms with E-state index in [0.717, 1.165) is 42.8 Å². The average Bonchev–Trinajstić information content (AvgIpc) is 3.17. The van der Waals surface area contributed by atoms with Crippen LogP contribution in [0.15, 0.2) is 60.2 Å². The second-order valence-electron chi connectivity index (χ2n) is 6.59. The highest BCUT2D eigenvalue weighted by atomic mass is 32.1. The summed E-state index contributed by atoms with van der Waals surface area (Å²) < 4.78 is 0. The van der Waals surface area contributed by atoms with Gasteiger partial charge in [-0.25, -0.2) is 4.98 Å². The van der Waals surface area contributed by atoms with Gasteiger partial charge in [0.05, 0.1) is 11.0 Å². The molecule has 0 radical (unpaired) electrons. The second-order valence-corrected chi connectivity index (χ2v) is 7.53. The normalized spacial score (nSPS) is 17.2. The minimum absolute atomic E-state index is 0.0362. The van der Waals surface area contributed by atoms with Gasteiger partial charge in [-0.05, 0) is 36.5 Å². The molecule has 1 amide bonds. The maximum atomic E-state index is 13.1. The molecule has 0 bridgehead atoms. The number of hydrogen-bond donors (Lipinski definition) is 0. The van der Waals surface area contributed by atoms with Gasteiger partial charge in [0.1, 0.15) is 5.69 Å². The van der Waals surface area contributed by atoms with Crippen LogP contribution in [0.25, 0.3) is 0 Å². The van der Waals surface area contributed by atoms with Crippen molar-refractivity contribution in [2.75, 3.05) is 6.54 Å². The Labute approximate surface area is 157 Å². The van der Waals surface area contributed by atoms with E-state index in [1.165, 1.54) is 5.56 Å². The summed E-state index contributed by atoms with van der Waals surface area (Å²) in [6, 6.07) is 14.3. The maximum absolute atomic E-state index is 13.1. The Balaban J connectivity index is 1.53. The lowest BCUT2D eigenvalue weighted by molar-refractivity contribution is 0.0605. The van der Waals surface area contributed by atoms with Crippen LogP contribution in [0.3, 0.4) is 0 Å². The molecule has 3 heterocycles. The van der Waals surface area contributed by atoms with Crippen molar-refractivity contribution in [1.82, 2.24) is 14.9 Å². The lowest BCUT2D eigenvalue weighted by Crippen LogP contribution is -2.38. The van der Waals surface area contributed by atoms with E-state index in [0.29, 0.717) is 5.69 Å². The zero-order chi connectivity index (χ0) is 17.8. The van der Waals surface area contributed by atoms with E-state index in [2.05, 4.69) is 28.2 Å². The van der Waals surface area contributed by atoms with E-state index in [1.807, 2.05) is 40.7 Å².